The van der Waals surface area contributed by atoms with Crippen molar-refractivity contribution in [1.29, 1.82) is 0 Å². The number of hydrogen-bond donors (Lipinski definition) is 1. The van der Waals surface area contributed by atoms with Crippen LogP contribution in [0.4, 0.5) is 10.1 Å². The fourth-order valence-electron chi connectivity index (χ4n) is 5.93. The Morgan fingerprint density at radius 3 is 2.21 bits per heavy atom. The van der Waals surface area contributed by atoms with Crippen molar-refractivity contribution in [1.82, 2.24) is 10.2 Å². The maximum Gasteiger partial charge on any atom is 0.264 e. The first-order valence-corrected chi connectivity index (χ1v) is 17.6. The van der Waals surface area contributed by atoms with Gasteiger partial charge in [0.15, 0.2) is 0 Å². The molecule has 4 aromatic carbocycles. The second kappa shape index (κ2) is 15.6. The third kappa shape index (κ3) is 8.99. The Hall–Kier alpha value is -4.21. The molecule has 246 valence electrons. The maximum absolute atomic E-state index is 14.6. The van der Waals surface area contributed by atoms with Crippen molar-refractivity contribution in [3.63, 3.8) is 0 Å². The molecule has 1 fully saturated rings. The monoisotopic (exact) mass is 675 g/mol. The van der Waals surface area contributed by atoms with Gasteiger partial charge in [0.05, 0.1) is 10.6 Å². The van der Waals surface area contributed by atoms with Crippen LogP contribution in [0.25, 0.3) is 0 Å². The van der Waals surface area contributed by atoms with E-state index in [9.17, 15) is 22.4 Å². The molecule has 0 aliphatic heterocycles. The lowest BCUT2D eigenvalue weighted by atomic mass is 9.94. The van der Waals surface area contributed by atoms with Crippen LogP contribution in [0.1, 0.15) is 48.8 Å². The number of nitrogens with one attached hydrogen (secondary N) is 1. The number of rotatable bonds is 12. The number of carbonyl (C=O) groups is 2. The Morgan fingerprint density at radius 2 is 1.55 bits per heavy atom. The molecule has 5 rings (SSSR count). The lowest BCUT2D eigenvalue weighted by Gasteiger charge is -2.35. The molecule has 1 atom stereocenters. The molecule has 1 unspecified atom stereocenters. The molecule has 7 nitrogen and oxygen atoms in total. The van der Waals surface area contributed by atoms with Crippen LogP contribution in [0.2, 0.25) is 5.02 Å². The number of carbonyl (C=O) groups excluding carboxylic acids is 2. The van der Waals surface area contributed by atoms with Crippen LogP contribution in [0, 0.1) is 12.7 Å². The number of aryl methyl sites for hydroxylation is 1. The number of nitrogens with zero attached hydrogens (tertiary/aromatic N) is 2. The van der Waals surface area contributed by atoms with Crippen molar-refractivity contribution < 1.29 is 22.4 Å². The second-order valence-electron chi connectivity index (χ2n) is 12.0. The molecule has 47 heavy (non-hydrogen) atoms. The Balaban J connectivity index is 1.56. The summed E-state index contributed by atoms with van der Waals surface area (Å²) in [6.45, 7) is 1.24. The average Bonchev–Trinajstić information content (AvgIpc) is 3.07. The first-order chi connectivity index (χ1) is 22.6. The second-order valence-corrected chi connectivity index (χ2v) is 14.3. The van der Waals surface area contributed by atoms with E-state index in [1.807, 2.05) is 43.3 Å². The van der Waals surface area contributed by atoms with Gasteiger partial charge in [-0.2, -0.15) is 0 Å². The predicted molar refractivity (Wildman–Crippen MR) is 183 cm³/mol. The topological polar surface area (TPSA) is 86.8 Å². The van der Waals surface area contributed by atoms with Crippen molar-refractivity contribution in [3.8, 4) is 0 Å². The van der Waals surface area contributed by atoms with E-state index in [4.69, 9.17) is 11.6 Å². The lowest BCUT2D eigenvalue weighted by molar-refractivity contribution is -0.140. The fraction of sp³-hybridized carbons (Fsp3) is 0.297. The van der Waals surface area contributed by atoms with Gasteiger partial charge >= 0.3 is 0 Å². The third-order valence-corrected chi connectivity index (χ3v) is 10.5. The Kier molecular flexibility index (Phi) is 11.3. The third-order valence-electron chi connectivity index (χ3n) is 8.46. The summed E-state index contributed by atoms with van der Waals surface area (Å²) in [4.78, 5) is 30.1. The maximum atomic E-state index is 14.6. The van der Waals surface area contributed by atoms with E-state index in [0.29, 0.717) is 16.3 Å². The van der Waals surface area contributed by atoms with Gasteiger partial charge in [-0.3, -0.25) is 13.9 Å². The predicted octanol–water partition coefficient (Wildman–Crippen LogP) is 7.07. The molecule has 0 bridgehead atoms. The number of anilines is 1. The molecule has 1 saturated carbocycles. The number of amides is 2. The lowest BCUT2D eigenvalue weighted by Crippen LogP contribution is -2.55. The molecule has 0 spiro atoms. The normalized spacial score (nSPS) is 14.3. The highest BCUT2D eigenvalue weighted by Crippen LogP contribution is 2.27. The van der Waals surface area contributed by atoms with Gasteiger partial charge in [0.1, 0.15) is 18.4 Å². The molecule has 0 saturated heterocycles. The average molecular weight is 676 g/mol. The van der Waals surface area contributed by atoms with Crippen molar-refractivity contribution in [2.24, 2.45) is 0 Å². The molecule has 2 amide bonds. The van der Waals surface area contributed by atoms with Crippen LogP contribution in [-0.4, -0.2) is 43.8 Å². The Bertz CT molecular complexity index is 1760. The van der Waals surface area contributed by atoms with Gasteiger partial charge in [0.2, 0.25) is 11.8 Å². The summed E-state index contributed by atoms with van der Waals surface area (Å²) in [6.07, 6.45) is 5.07. The zero-order chi connectivity index (χ0) is 33.4. The fourth-order valence-corrected chi connectivity index (χ4v) is 7.46. The van der Waals surface area contributed by atoms with Gasteiger partial charge in [0, 0.05) is 24.0 Å². The molecular formula is C37H39ClFN3O4S. The summed E-state index contributed by atoms with van der Waals surface area (Å²) in [5.74, 6) is -1.31. The van der Waals surface area contributed by atoms with Gasteiger partial charge in [-0.05, 0) is 85.0 Å². The number of hydrogen-bond acceptors (Lipinski definition) is 4. The van der Waals surface area contributed by atoms with Gasteiger partial charge in [0.25, 0.3) is 10.0 Å². The van der Waals surface area contributed by atoms with E-state index in [1.54, 1.807) is 30.3 Å². The molecule has 0 radical (unpaired) electrons. The standard InChI is InChI=1S/C37H39ClFN3O4S/c1-27-9-8-14-33(23-27)42(47(45,46)34-21-17-30(38)18-22-34)26-36(43)41(25-29-15-19-31(39)20-16-29)35(24-28-10-4-2-5-11-28)37(44)40-32-12-6-3-7-13-32/h2,4-5,8-11,14-23,32,35H,3,6-7,12-13,24-26H2,1H3,(H,40,44). The number of sulfonamides is 1. The van der Waals surface area contributed by atoms with E-state index in [2.05, 4.69) is 5.32 Å². The van der Waals surface area contributed by atoms with Crippen LogP contribution >= 0.6 is 11.6 Å². The van der Waals surface area contributed by atoms with Gasteiger partial charge < -0.3 is 10.2 Å². The highest BCUT2D eigenvalue weighted by molar-refractivity contribution is 7.92. The number of halogens is 2. The molecular weight excluding hydrogens is 637 g/mol. The minimum Gasteiger partial charge on any atom is -0.352 e. The smallest absolute Gasteiger partial charge is 0.264 e. The van der Waals surface area contributed by atoms with E-state index < -0.39 is 34.3 Å². The quantitative estimate of drug-likeness (QED) is 0.174. The van der Waals surface area contributed by atoms with Crippen LogP contribution < -0.4 is 9.62 Å². The summed E-state index contributed by atoms with van der Waals surface area (Å²) >= 11 is 6.06. The first-order valence-electron chi connectivity index (χ1n) is 15.8. The zero-order valence-electron chi connectivity index (χ0n) is 26.3. The van der Waals surface area contributed by atoms with E-state index in [-0.39, 0.29) is 29.8 Å². The van der Waals surface area contributed by atoms with Gasteiger partial charge in [-0.1, -0.05) is 85.5 Å². The van der Waals surface area contributed by atoms with E-state index in [1.165, 1.54) is 41.3 Å². The summed E-state index contributed by atoms with van der Waals surface area (Å²) < 4.78 is 43.3. The van der Waals surface area contributed by atoms with E-state index in [0.717, 1.165) is 47.5 Å². The van der Waals surface area contributed by atoms with Crippen LogP contribution in [0.15, 0.2) is 108 Å². The minimum absolute atomic E-state index is 0.00799. The van der Waals surface area contributed by atoms with Crippen molar-refractivity contribution >= 4 is 39.1 Å². The summed E-state index contributed by atoms with van der Waals surface area (Å²) in [6, 6.07) is 26.8. The Morgan fingerprint density at radius 1 is 0.872 bits per heavy atom. The molecule has 4 aromatic rings. The van der Waals surface area contributed by atoms with Crippen LogP contribution in [0.3, 0.4) is 0 Å². The molecule has 1 N–H and O–H groups in total. The van der Waals surface area contributed by atoms with E-state index >= 15 is 0 Å². The molecule has 0 heterocycles. The Labute approximate surface area is 281 Å². The number of benzene rings is 4. The minimum atomic E-state index is -4.25. The van der Waals surface area contributed by atoms with Crippen molar-refractivity contribution in [2.75, 3.05) is 10.8 Å². The van der Waals surface area contributed by atoms with Gasteiger partial charge in [-0.15, -0.1) is 0 Å². The largest absolute Gasteiger partial charge is 0.352 e. The molecule has 0 aromatic heterocycles. The van der Waals surface area contributed by atoms with Crippen LogP contribution in [-0.2, 0) is 32.6 Å². The molecule has 1 aliphatic rings. The van der Waals surface area contributed by atoms with Gasteiger partial charge in [-0.25, -0.2) is 12.8 Å². The first kappa shape index (κ1) is 34.1. The summed E-state index contributed by atoms with van der Waals surface area (Å²) in [5.41, 5.74) is 2.56. The van der Waals surface area contributed by atoms with Crippen molar-refractivity contribution in [2.45, 2.75) is 69.0 Å². The van der Waals surface area contributed by atoms with Crippen LogP contribution in [0.5, 0.6) is 0 Å². The summed E-state index contributed by atoms with van der Waals surface area (Å²) in [5, 5.41) is 3.56. The molecule has 1 aliphatic carbocycles. The zero-order valence-corrected chi connectivity index (χ0v) is 27.9. The highest BCUT2D eigenvalue weighted by Gasteiger charge is 2.35. The highest BCUT2D eigenvalue weighted by atomic mass is 35.5. The molecule has 10 heteroatoms. The SMILES string of the molecule is Cc1cccc(N(CC(=O)N(Cc2ccc(F)cc2)C(Cc2ccccc2)C(=O)NC2CCCCC2)S(=O)(=O)c2ccc(Cl)cc2)c1. The summed E-state index contributed by atoms with van der Waals surface area (Å²) in [7, 11) is -4.25. The van der Waals surface area contributed by atoms with Crippen molar-refractivity contribution in [3.05, 3.63) is 131 Å².